The number of benzene rings is 1. The van der Waals surface area contributed by atoms with Gasteiger partial charge < -0.3 is 14.7 Å². The van der Waals surface area contributed by atoms with Crippen LogP contribution < -0.4 is 4.90 Å². The Morgan fingerprint density at radius 3 is 2.44 bits per heavy atom. The van der Waals surface area contributed by atoms with Crippen molar-refractivity contribution in [1.29, 1.82) is 0 Å². The Morgan fingerprint density at radius 2 is 1.72 bits per heavy atom. The maximum Gasteiger partial charge on any atom is 0.257 e. The standard InChI is InChI=1S/C18H19N5O2/c24-13-21-7-9-22(10-8-21)17(25)15-11-19-18(20-12-15)23-6-5-14-3-1-2-4-16(14)23/h1-4,11-13H,5-10H2. The number of hydrogen-bond donors (Lipinski definition) is 0. The third-order valence-electron chi connectivity index (χ3n) is 4.76. The van der Waals surface area contributed by atoms with Crippen LogP contribution in [-0.4, -0.2) is 64.8 Å². The van der Waals surface area contributed by atoms with Gasteiger partial charge in [0.15, 0.2) is 0 Å². The van der Waals surface area contributed by atoms with Gasteiger partial charge in [-0.15, -0.1) is 0 Å². The molecule has 2 aliphatic rings. The zero-order valence-corrected chi connectivity index (χ0v) is 13.8. The average Bonchev–Trinajstić information content (AvgIpc) is 3.12. The number of aromatic nitrogens is 2. The molecule has 2 amide bonds. The number of para-hydroxylation sites is 1. The summed E-state index contributed by atoms with van der Waals surface area (Å²) in [5.41, 5.74) is 2.90. The van der Waals surface area contributed by atoms with E-state index >= 15 is 0 Å². The first-order valence-electron chi connectivity index (χ1n) is 8.42. The fraction of sp³-hybridized carbons (Fsp3) is 0.333. The van der Waals surface area contributed by atoms with Gasteiger partial charge in [-0.3, -0.25) is 9.59 Å². The molecule has 25 heavy (non-hydrogen) atoms. The molecule has 2 aromatic rings. The summed E-state index contributed by atoms with van der Waals surface area (Å²) in [5, 5.41) is 0. The number of piperazine rings is 1. The molecule has 2 aliphatic heterocycles. The Labute approximate surface area is 145 Å². The monoisotopic (exact) mass is 337 g/mol. The largest absolute Gasteiger partial charge is 0.342 e. The molecule has 7 heteroatoms. The number of nitrogens with zero attached hydrogens (tertiary/aromatic N) is 5. The van der Waals surface area contributed by atoms with Gasteiger partial charge in [0.2, 0.25) is 12.4 Å². The topological polar surface area (TPSA) is 69.6 Å². The van der Waals surface area contributed by atoms with Crippen molar-refractivity contribution in [3.63, 3.8) is 0 Å². The van der Waals surface area contributed by atoms with Crippen molar-refractivity contribution in [2.45, 2.75) is 6.42 Å². The van der Waals surface area contributed by atoms with Crippen molar-refractivity contribution in [2.24, 2.45) is 0 Å². The lowest BCUT2D eigenvalue weighted by Crippen LogP contribution is -2.48. The molecule has 0 N–H and O–H groups in total. The van der Waals surface area contributed by atoms with E-state index in [0.717, 1.165) is 25.1 Å². The quantitative estimate of drug-likeness (QED) is 0.784. The highest BCUT2D eigenvalue weighted by atomic mass is 16.2. The van der Waals surface area contributed by atoms with E-state index in [-0.39, 0.29) is 5.91 Å². The minimum absolute atomic E-state index is 0.0843. The Hall–Kier alpha value is -2.96. The predicted molar refractivity (Wildman–Crippen MR) is 92.7 cm³/mol. The van der Waals surface area contributed by atoms with Gasteiger partial charge in [-0.05, 0) is 18.1 Å². The lowest BCUT2D eigenvalue weighted by Gasteiger charge is -2.32. The van der Waals surface area contributed by atoms with Gasteiger partial charge in [0.1, 0.15) is 0 Å². The van der Waals surface area contributed by atoms with E-state index in [2.05, 4.69) is 27.0 Å². The summed E-state index contributed by atoms with van der Waals surface area (Å²) in [4.78, 5) is 37.6. The van der Waals surface area contributed by atoms with E-state index in [1.165, 1.54) is 5.56 Å². The van der Waals surface area contributed by atoms with Crippen LogP contribution in [0.25, 0.3) is 0 Å². The van der Waals surface area contributed by atoms with Crippen molar-refractivity contribution in [2.75, 3.05) is 37.6 Å². The molecule has 0 saturated carbocycles. The lowest BCUT2D eigenvalue weighted by molar-refractivity contribution is -0.119. The van der Waals surface area contributed by atoms with Gasteiger partial charge in [-0.25, -0.2) is 9.97 Å². The Kier molecular flexibility index (Phi) is 4.05. The third-order valence-corrected chi connectivity index (χ3v) is 4.76. The average molecular weight is 337 g/mol. The Bertz CT molecular complexity index is 784. The van der Waals surface area contributed by atoms with Crippen LogP contribution in [0.5, 0.6) is 0 Å². The first-order chi connectivity index (χ1) is 12.3. The second kappa shape index (κ2) is 6.51. The van der Waals surface area contributed by atoms with Gasteiger partial charge >= 0.3 is 0 Å². The smallest absolute Gasteiger partial charge is 0.257 e. The maximum atomic E-state index is 12.6. The van der Waals surface area contributed by atoms with Crippen LogP contribution in [0.4, 0.5) is 11.6 Å². The fourth-order valence-corrected chi connectivity index (χ4v) is 3.33. The fourth-order valence-electron chi connectivity index (χ4n) is 3.33. The summed E-state index contributed by atoms with van der Waals surface area (Å²) >= 11 is 0. The highest BCUT2D eigenvalue weighted by Crippen LogP contribution is 2.31. The van der Waals surface area contributed by atoms with Gasteiger partial charge in [-0.1, -0.05) is 18.2 Å². The van der Waals surface area contributed by atoms with E-state index in [1.54, 1.807) is 22.2 Å². The van der Waals surface area contributed by atoms with Crippen molar-refractivity contribution >= 4 is 24.0 Å². The van der Waals surface area contributed by atoms with E-state index in [9.17, 15) is 9.59 Å². The van der Waals surface area contributed by atoms with E-state index in [4.69, 9.17) is 0 Å². The highest BCUT2D eigenvalue weighted by Gasteiger charge is 2.24. The van der Waals surface area contributed by atoms with E-state index in [1.807, 2.05) is 12.1 Å². The molecule has 1 aromatic heterocycles. The second-order valence-corrected chi connectivity index (χ2v) is 6.24. The number of fused-ring (bicyclic) bond motifs is 1. The molecule has 0 bridgehead atoms. The van der Waals surface area contributed by atoms with E-state index < -0.39 is 0 Å². The molecule has 0 unspecified atom stereocenters. The summed E-state index contributed by atoms with van der Waals surface area (Å²) < 4.78 is 0. The van der Waals surface area contributed by atoms with Crippen LogP contribution >= 0.6 is 0 Å². The zero-order valence-electron chi connectivity index (χ0n) is 13.8. The van der Waals surface area contributed by atoms with Gasteiger partial charge in [0.05, 0.1) is 5.56 Å². The summed E-state index contributed by atoms with van der Waals surface area (Å²) in [6.45, 7) is 3.06. The summed E-state index contributed by atoms with van der Waals surface area (Å²) in [7, 11) is 0. The van der Waals surface area contributed by atoms with Crippen LogP contribution in [0.3, 0.4) is 0 Å². The van der Waals surface area contributed by atoms with Crippen LogP contribution in [0.2, 0.25) is 0 Å². The number of carbonyl (C=O) groups is 2. The van der Waals surface area contributed by atoms with Crippen molar-refractivity contribution in [1.82, 2.24) is 19.8 Å². The summed E-state index contributed by atoms with van der Waals surface area (Å²) in [6, 6.07) is 8.23. The lowest BCUT2D eigenvalue weighted by atomic mass is 10.2. The van der Waals surface area contributed by atoms with Crippen LogP contribution in [0.1, 0.15) is 15.9 Å². The van der Waals surface area contributed by atoms with Crippen molar-refractivity contribution in [3.8, 4) is 0 Å². The number of rotatable bonds is 3. The summed E-state index contributed by atoms with van der Waals surface area (Å²) in [5.74, 6) is 0.534. The number of carbonyl (C=O) groups excluding carboxylic acids is 2. The number of hydrogen-bond acceptors (Lipinski definition) is 5. The molecule has 0 radical (unpaired) electrons. The molecule has 7 nitrogen and oxygen atoms in total. The van der Waals surface area contributed by atoms with Crippen molar-refractivity contribution in [3.05, 3.63) is 47.8 Å². The first kappa shape index (κ1) is 15.6. The SMILES string of the molecule is O=CN1CCN(C(=O)c2cnc(N3CCc4ccccc43)nc2)CC1. The van der Waals surface area contributed by atoms with Gasteiger partial charge in [-0.2, -0.15) is 0 Å². The molecule has 128 valence electrons. The maximum absolute atomic E-state index is 12.6. The van der Waals surface area contributed by atoms with Gasteiger partial charge in [0, 0.05) is 50.8 Å². The third kappa shape index (κ3) is 2.93. The normalized spacial score (nSPS) is 16.7. The minimum Gasteiger partial charge on any atom is -0.342 e. The minimum atomic E-state index is -0.0843. The molecule has 0 atom stereocenters. The molecule has 0 spiro atoms. The van der Waals surface area contributed by atoms with Crippen molar-refractivity contribution < 1.29 is 9.59 Å². The predicted octanol–water partition coefficient (Wildman–Crippen LogP) is 1.08. The molecular formula is C18H19N5O2. The molecule has 1 aromatic carbocycles. The molecule has 1 saturated heterocycles. The second-order valence-electron chi connectivity index (χ2n) is 6.24. The molecule has 4 rings (SSSR count). The Balaban J connectivity index is 1.48. The molecule has 3 heterocycles. The highest BCUT2D eigenvalue weighted by molar-refractivity contribution is 5.93. The number of amides is 2. The van der Waals surface area contributed by atoms with Crippen LogP contribution in [0, 0.1) is 0 Å². The number of anilines is 2. The van der Waals surface area contributed by atoms with E-state index in [0.29, 0.717) is 37.7 Å². The first-order valence-corrected chi connectivity index (χ1v) is 8.42. The molecular weight excluding hydrogens is 318 g/mol. The van der Waals surface area contributed by atoms with Gasteiger partial charge in [0.25, 0.3) is 5.91 Å². The Morgan fingerprint density at radius 1 is 1.00 bits per heavy atom. The zero-order chi connectivity index (χ0) is 17.2. The van der Waals surface area contributed by atoms with Crippen LogP contribution in [-0.2, 0) is 11.2 Å². The van der Waals surface area contributed by atoms with Crippen LogP contribution in [0.15, 0.2) is 36.7 Å². The molecule has 0 aliphatic carbocycles. The molecule has 1 fully saturated rings. The summed E-state index contributed by atoms with van der Waals surface area (Å²) in [6.07, 6.45) is 4.99.